The second-order valence-corrected chi connectivity index (χ2v) is 6.58. The Labute approximate surface area is 124 Å². The van der Waals surface area contributed by atoms with Gasteiger partial charge in [-0.3, -0.25) is 4.90 Å². The number of pyridine rings is 1. The Bertz CT molecular complexity index is 583. The van der Waals surface area contributed by atoms with E-state index in [4.69, 9.17) is 4.74 Å². The van der Waals surface area contributed by atoms with Gasteiger partial charge in [-0.05, 0) is 48.4 Å². The zero-order valence-electron chi connectivity index (χ0n) is 11.6. The van der Waals surface area contributed by atoms with Crippen molar-refractivity contribution in [1.82, 2.24) is 9.88 Å². The van der Waals surface area contributed by atoms with Crippen molar-refractivity contribution in [2.24, 2.45) is 5.92 Å². The molecule has 0 spiro atoms. The van der Waals surface area contributed by atoms with Crippen molar-refractivity contribution < 1.29 is 4.74 Å². The lowest BCUT2D eigenvalue weighted by Crippen LogP contribution is -2.49. The molecule has 2 aromatic rings. The molecule has 0 N–H and O–H groups in total. The first-order valence-corrected chi connectivity index (χ1v) is 8.00. The van der Waals surface area contributed by atoms with Crippen LogP contribution in [0.15, 0.2) is 23.7 Å². The molecule has 3 atom stereocenters. The molecule has 3 unspecified atom stereocenters. The summed E-state index contributed by atoms with van der Waals surface area (Å²) in [5.74, 6) is 1.68. The van der Waals surface area contributed by atoms with Crippen molar-refractivity contribution in [3.8, 4) is 5.88 Å². The summed E-state index contributed by atoms with van der Waals surface area (Å²) < 4.78 is 7.37. The Morgan fingerprint density at radius 3 is 3.20 bits per heavy atom. The highest BCUT2D eigenvalue weighted by Gasteiger charge is 2.32. The lowest BCUT2D eigenvalue weighted by atomic mass is 9.89. The average molecular weight is 288 g/mol. The number of thiophene rings is 1. The van der Waals surface area contributed by atoms with Crippen LogP contribution >= 0.6 is 11.3 Å². The molecule has 4 heteroatoms. The van der Waals surface area contributed by atoms with Gasteiger partial charge in [0.15, 0.2) is 6.23 Å². The average Bonchev–Trinajstić information content (AvgIpc) is 2.90. The topological polar surface area (TPSA) is 25.4 Å². The van der Waals surface area contributed by atoms with Gasteiger partial charge in [-0.25, -0.2) is 4.98 Å². The van der Waals surface area contributed by atoms with Gasteiger partial charge in [0, 0.05) is 25.4 Å². The Kier molecular flexibility index (Phi) is 3.94. The molecule has 20 heavy (non-hydrogen) atoms. The van der Waals surface area contributed by atoms with E-state index in [2.05, 4.69) is 27.4 Å². The summed E-state index contributed by atoms with van der Waals surface area (Å²) in [4.78, 5) is 6.94. The van der Waals surface area contributed by atoms with Crippen LogP contribution in [0.2, 0.25) is 0 Å². The molecule has 4 heterocycles. The summed E-state index contributed by atoms with van der Waals surface area (Å²) in [6, 6.07) is 4.20. The molecule has 3 nitrogen and oxygen atoms in total. The van der Waals surface area contributed by atoms with E-state index in [-0.39, 0.29) is 13.7 Å². The summed E-state index contributed by atoms with van der Waals surface area (Å²) >= 11 is 1.73. The van der Waals surface area contributed by atoms with Crippen LogP contribution in [0.5, 0.6) is 5.88 Å². The number of ether oxygens (including phenoxy) is 1. The van der Waals surface area contributed by atoms with Crippen LogP contribution in [-0.2, 0) is 0 Å². The maximum absolute atomic E-state index is 6.14. The van der Waals surface area contributed by atoms with E-state index < -0.39 is 0 Å². The van der Waals surface area contributed by atoms with E-state index in [1.54, 1.807) is 11.3 Å². The fraction of sp³-hybridized carbons (Fsp3) is 0.500. The number of hydrogen-bond acceptors (Lipinski definition) is 4. The minimum atomic E-state index is 0. The Morgan fingerprint density at radius 1 is 1.30 bits per heavy atom. The second-order valence-electron chi connectivity index (χ2n) is 5.63. The van der Waals surface area contributed by atoms with Crippen LogP contribution in [0, 0.1) is 13.3 Å². The first-order chi connectivity index (χ1) is 9.38. The van der Waals surface area contributed by atoms with Crippen LogP contribution in [0.1, 0.15) is 25.7 Å². The van der Waals surface area contributed by atoms with Crippen molar-refractivity contribution in [3.05, 3.63) is 31.1 Å². The molecule has 0 amide bonds. The van der Waals surface area contributed by atoms with E-state index in [0.29, 0.717) is 0 Å². The lowest BCUT2D eigenvalue weighted by molar-refractivity contribution is -0.0450. The third kappa shape index (κ3) is 2.54. The largest absolute Gasteiger partial charge is 0.458 e. The van der Waals surface area contributed by atoms with Gasteiger partial charge in [0.25, 0.3) is 0 Å². The number of nitrogens with zero attached hydrogens (tertiary/aromatic N) is 2. The molecule has 2 aliphatic rings. The van der Waals surface area contributed by atoms with Gasteiger partial charge in [-0.2, -0.15) is 0 Å². The lowest BCUT2D eigenvalue weighted by Gasteiger charge is -2.42. The predicted octanol–water partition coefficient (Wildman–Crippen LogP) is 3.83. The molecule has 0 aliphatic carbocycles. The number of fused-ring (bicyclic) bond motifs is 3. The van der Waals surface area contributed by atoms with Gasteiger partial charge < -0.3 is 4.74 Å². The Morgan fingerprint density at radius 2 is 2.25 bits per heavy atom. The molecule has 106 valence electrons. The molecule has 2 aliphatic heterocycles. The fourth-order valence-electron chi connectivity index (χ4n) is 3.34. The fourth-order valence-corrected chi connectivity index (χ4v) is 4.08. The van der Waals surface area contributed by atoms with Crippen LogP contribution in [0.3, 0.4) is 0 Å². The number of hydrogen-bond donors (Lipinski definition) is 0. The zero-order valence-corrected chi connectivity index (χ0v) is 12.4. The highest BCUT2D eigenvalue weighted by Crippen LogP contribution is 2.31. The monoisotopic (exact) mass is 288 g/mol. The Balaban J connectivity index is 0.00000121. The second kappa shape index (κ2) is 5.70. The van der Waals surface area contributed by atoms with E-state index in [1.807, 2.05) is 6.20 Å². The molecule has 2 radical (unpaired) electrons. The first-order valence-electron chi connectivity index (χ1n) is 7.12. The summed E-state index contributed by atoms with van der Waals surface area (Å²) in [5, 5.41) is 3.34. The third-order valence-electron chi connectivity index (χ3n) is 4.35. The van der Waals surface area contributed by atoms with E-state index in [1.165, 1.54) is 42.4 Å². The quantitative estimate of drug-likeness (QED) is 0.839. The molecule has 4 rings (SSSR count). The standard InChI is InChI=1S/C15H18N2OS.CH2/c1-2-11-3-4-15(17(6-1)10-11)18-14-8-12-5-7-19-13(12)9-16-14;/h5,7-9,11,15H,1-4,6,10H2;1H2. The minimum Gasteiger partial charge on any atom is -0.458 e. The van der Waals surface area contributed by atoms with Crippen LogP contribution in [0.4, 0.5) is 0 Å². The molecule has 2 aromatic heterocycles. The maximum atomic E-state index is 6.14. The number of rotatable bonds is 2. The first kappa shape index (κ1) is 13.8. The van der Waals surface area contributed by atoms with Crippen molar-refractivity contribution in [2.75, 3.05) is 13.1 Å². The normalized spacial score (nSPS) is 28.9. The van der Waals surface area contributed by atoms with Gasteiger partial charge in [-0.1, -0.05) is 7.43 Å². The van der Waals surface area contributed by atoms with E-state index >= 15 is 0 Å². The summed E-state index contributed by atoms with van der Waals surface area (Å²) in [6.45, 7) is 2.40. The summed E-state index contributed by atoms with van der Waals surface area (Å²) in [7, 11) is 0. The maximum Gasteiger partial charge on any atom is 0.215 e. The molecule has 2 saturated heterocycles. The highest BCUT2D eigenvalue weighted by atomic mass is 32.1. The van der Waals surface area contributed by atoms with Crippen LogP contribution in [-0.4, -0.2) is 29.2 Å². The van der Waals surface area contributed by atoms with Crippen LogP contribution in [0.25, 0.3) is 10.1 Å². The van der Waals surface area contributed by atoms with Gasteiger partial charge in [0.05, 0.1) is 4.70 Å². The van der Waals surface area contributed by atoms with Crippen molar-refractivity contribution in [3.63, 3.8) is 0 Å². The summed E-state index contributed by atoms with van der Waals surface area (Å²) in [6.07, 6.45) is 7.34. The van der Waals surface area contributed by atoms with Crippen LogP contribution < -0.4 is 4.74 Å². The van der Waals surface area contributed by atoms with E-state index in [9.17, 15) is 0 Å². The minimum absolute atomic E-state index is 0. The highest BCUT2D eigenvalue weighted by molar-refractivity contribution is 7.17. The smallest absolute Gasteiger partial charge is 0.215 e. The molecular formula is C16H20N2OS. The van der Waals surface area contributed by atoms with Gasteiger partial charge in [0.2, 0.25) is 5.88 Å². The van der Waals surface area contributed by atoms with Gasteiger partial charge in [0.1, 0.15) is 0 Å². The molecule has 2 fully saturated rings. The van der Waals surface area contributed by atoms with Crippen molar-refractivity contribution in [1.29, 1.82) is 0 Å². The van der Waals surface area contributed by atoms with Gasteiger partial charge >= 0.3 is 0 Å². The Hall–Kier alpha value is -1.13. The van der Waals surface area contributed by atoms with Gasteiger partial charge in [-0.15, -0.1) is 11.3 Å². The van der Waals surface area contributed by atoms with Crippen molar-refractivity contribution >= 4 is 21.4 Å². The van der Waals surface area contributed by atoms with E-state index in [0.717, 1.165) is 18.2 Å². The molecule has 0 aromatic carbocycles. The SMILES string of the molecule is [CH2].c1cc2cc(OC3CCC4CCCN3C4)ncc2s1. The number of piperidine rings is 2. The number of aromatic nitrogens is 1. The molecule has 2 bridgehead atoms. The summed E-state index contributed by atoms with van der Waals surface area (Å²) in [5.41, 5.74) is 0. The zero-order chi connectivity index (χ0) is 12.7. The molecular weight excluding hydrogens is 268 g/mol. The third-order valence-corrected chi connectivity index (χ3v) is 5.22. The predicted molar refractivity (Wildman–Crippen MR) is 82.9 cm³/mol. The molecule has 0 saturated carbocycles. The van der Waals surface area contributed by atoms with Crippen molar-refractivity contribution in [2.45, 2.75) is 31.9 Å².